The maximum Gasteiger partial charge on any atom is 0.328 e. The molecule has 0 radical (unpaired) electrons. The lowest BCUT2D eigenvalue weighted by molar-refractivity contribution is -0.140. The van der Waals surface area contributed by atoms with Gasteiger partial charge in [0.2, 0.25) is 0 Å². The van der Waals surface area contributed by atoms with Gasteiger partial charge in [-0.1, -0.05) is 32.0 Å². The summed E-state index contributed by atoms with van der Waals surface area (Å²) in [6.07, 6.45) is 1.51. The number of rotatable bonds is 6. The smallest absolute Gasteiger partial charge is 0.328 e. The van der Waals surface area contributed by atoms with Gasteiger partial charge in [-0.2, -0.15) is 0 Å². The molecule has 6 heteroatoms. The van der Waals surface area contributed by atoms with Crippen LogP contribution in [0.2, 0.25) is 0 Å². The molecule has 0 fully saturated rings. The monoisotopic (exact) mass is 280 g/mol. The van der Waals surface area contributed by atoms with E-state index in [1.54, 1.807) is 0 Å². The highest BCUT2D eigenvalue weighted by Crippen LogP contribution is 2.22. The zero-order chi connectivity index (χ0) is 15.1. The van der Waals surface area contributed by atoms with Crippen LogP contribution < -0.4 is 10.6 Å². The lowest BCUT2D eigenvalue weighted by Gasteiger charge is -2.17. The van der Waals surface area contributed by atoms with Crippen molar-refractivity contribution in [2.75, 3.05) is 11.9 Å². The molecule has 0 aliphatic rings. The number of benzene rings is 1. The van der Waals surface area contributed by atoms with Crippen molar-refractivity contribution in [1.82, 2.24) is 5.32 Å². The Bertz CT molecular complexity index is 466. The number of urea groups is 1. The predicted octanol–water partition coefficient (Wildman–Crippen LogP) is 1.38. The Morgan fingerprint density at radius 2 is 1.75 bits per heavy atom. The summed E-state index contributed by atoms with van der Waals surface area (Å²) in [6, 6.07) is 3.80. The number of para-hydroxylation sites is 1. The quantitative estimate of drug-likeness (QED) is 0.632. The van der Waals surface area contributed by atoms with Crippen molar-refractivity contribution in [3.8, 4) is 0 Å². The van der Waals surface area contributed by atoms with Crippen molar-refractivity contribution in [3.05, 3.63) is 29.3 Å². The maximum absolute atomic E-state index is 11.8. The summed E-state index contributed by atoms with van der Waals surface area (Å²) in [5.74, 6) is -1.28. The number of amides is 2. The van der Waals surface area contributed by atoms with Crippen LogP contribution in [-0.2, 0) is 17.6 Å². The topological polar surface area (TPSA) is 98.7 Å². The molecule has 1 atom stereocenters. The van der Waals surface area contributed by atoms with Crippen LogP contribution in [-0.4, -0.2) is 34.9 Å². The minimum absolute atomic E-state index is 0.637. The molecule has 0 saturated heterocycles. The summed E-state index contributed by atoms with van der Waals surface area (Å²) in [7, 11) is 0. The molecule has 20 heavy (non-hydrogen) atoms. The second kappa shape index (κ2) is 7.49. The standard InChI is InChI=1S/C14H20N2O4/c1-3-9-6-5-7-10(4-2)12(9)16-14(20)15-11(8-17)13(18)19/h5-7,11,17H,3-4,8H2,1-2H3,(H,18,19)(H2,15,16,20)/t11-/m1/s1. The zero-order valence-electron chi connectivity index (χ0n) is 11.6. The van der Waals surface area contributed by atoms with Crippen LogP contribution in [0.5, 0.6) is 0 Å². The normalized spacial score (nSPS) is 11.8. The maximum atomic E-state index is 11.8. The molecule has 0 bridgehead atoms. The van der Waals surface area contributed by atoms with E-state index in [-0.39, 0.29) is 0 Å². The molecule has 0 aromatic heterocycles. The zero-order valence-corrected chi connectivity index (χ0v) is 11.6. The second-order valence-electron chi connectivity index (χ2n) is 4.33. The Morgan fingerprint density at radius 1 is 1.20 bits per heavy atom. The van der Waals surface area contributed by atoms with Crippen LogP contribution in [0.15, 0.2) is 18.2 Å². The first kappa shape index (κ1) is 16.0. The van der Waals surface area contributed by atoms with Gasteiger partial charge in [-0.15, -0.1) is 0 Å². The number of aryl methyl sites for hydroxylation is 2. The van der Waals surface area contributed by atoms with E-state index >= 15 is 0 Å². The molecule has 0 saturated carbocycles. The van der Waals surface area contributed by atoms with Crippen LogP contribution in [0.4, 0.5) is 10.5 Å². The largest absolute Gasteiger partial charge is 0.480 e. The van der Waals surface area contributed by atoms with Gasteiger partial charge in [0.1, 0.15) is 0 Å². The van der Waals surface area contributed by atoms with Gasteiger partial charge >= 0.3 is 12.0 Å². The Labute approximate surface area is 117 Å². The molecule has 4 N–H and O–H groups in total. The van der Waals surface area contributed by atoms with E-state index in [0.29, 0.717) is 5.69 Å². The molecule has 0 aliphatic heterocycles. The highest BCUT2D eigenvalue weighted by atomic mass is 16.4. The van der Waals surface area contributed by atoms with E-state index in [9.17, 15) is 9.59 Å². The second-order valence-corrected chi connectivity index (χ2v) is 4.33. The van der Waals surface area contributed by atoms with E-state index < -0.39 is 24.6 Å². The third kappa shape index (κ3) is 3.96. The summed E-state index contributed by atoms with van der Waals surface area (Å²) in [6.45, 7) is 3.30. The fraction of sp³-hybridized carbons (Fsp3) is 0.429. The van der Waals surface area contributed by atoms with E-state index in [1.807, 2.05) is 32.0 Å². The summed E-state index contributed by atoms with van der Waals surface area (Å²) < 4.78 is 0. The number of hydrogen-bond donors (Lipinski definition) is 4. The Kier molecular flexibility index (Phi) is 5.99. The minimum atomic E-state index is -1.31. The van der Waals surface area contributed by atoms with Gasteiger partial charge in [-0.3, -0.25) is 0 Å². The summed E-state index contributed by atoms with van der Waals surface area (Å²) >= 11 is 0. The predicted molar refractivity (Wildman–Crippen MR) is 75.9 cm³/mol. The van der Waals surface area contributed by atoms with E-state index in [1.165, 1.54) is 0 Å². The summed E-state index contributed by atoms with van der Waals surface area (Å²) in [5.41, 5.74) is 2.67. The number of aliphatic hydroxyl groups is 1. The lowest BCUT2D eigenvalue weighted by Crippen LogP contribution is -2.45. The number of aliphatic carboxylic acids is 1. The molecule has 6 nitrogen and oxygen atoms in total. The van der Waals surface area contributed by atoms with Gasteiger partial charge in [0.25, 0.3) is 0 Å². The summed E-state index contributed by atoms with van der Waals surface area (Å²) in [5, 5.41) is 22.6. The van der Waals surface area contributed by atoms with Crippen molar-refractivity contribution < 1.29 is 19.8 Å². The third-order valence-corrected chi connectivity index (χ3v) is 3.02. The summed E-state index contributed by atoms with van der Waals surface area (Å²) in [4.78, 5) is 22.6. The van der Waals surface area contributed by atoms with Gasteiger partial charge in [0.15, 0.2) is 6.04 Å². The molecular weight excluding hydrogens is 260 g/mol. The molecule has 1 aromatic rings. The van der Waals surface area contributed by atoms with Crippen LogP contribution in [0, 0.1) is 0 Å². The highest BCUT2D eigenvalue weighted by Gasteiger charge is 2.19. The number of carboxylic acids is 1. The minimum Gasteiger partial charge on any atom is -0.480 e. The van der Waals surface area contributed by atoms with Gasteiger partial charge in [-0.25, -0.2) is 9.59 Å². The van der Waals surface area contributed by atoms with E-state index in [0.717, 1.165) is 24.0 Å². The molecule has 2 amide bonds. The molecule has 1 aromatic carbocycles. The molecular formula is C14H20N2O4. The van der Waals surface area contributed by atoms with Gasteiger partial charge in [-0.05, 0) is 24.0 Å². The van der Waals surface area contributed by atoms with Crippen molar-refractivity contribution in [3.63, 3.8) is 0 Å². The fourth-order valence-electron chi connectivity index (χ4n) is 1.90. The number of carboxylic acid groups (broad SMARTS) is 1. The van der Waals surface area contributed by atoms with Gasteiger partial charge in [0.05, 0.1) is 6.61 Å². The van der Waals surface area contributed by atoms with Crippen molar-refractivity contribution in [2.24, 2.45) is 0 Å². The van der Waals surface area contributed by atoms with E-state index in [2.05, 4.69) is 10.6 Å². The Hall–Kier alpha value is -2.08. The van der Waals surface area contributed by atoms with Crippen molar-refractivity contribution >= 4 is 17.7 Å². The fourth-order valence-corrected chi connectivity index (χ4v) is 1.90. The first-order valence-corrected chi connectivity index (χ1v) is 6.55. The van der Waals surface area contributed by atoms with Crippen LogP contribution in [0.3, 0.4) is 0 Å². The third-order valence-electron chi connectivity index (χ3n) is 3.02. The van der Waals surface area contributed by atoms with Gasteiger partial charge < -0.3 is 20.8 Å². The molecule has 0 unspecified atom stereocenters. The molecule has 0 heterocycles. The average Bonchev–Trinajstić information content (AvgIpc) is 2.44. The average molecular weight is 280 g/mol. The molecule has 0 aliphatic carbocycles. The number of hydrogen-bond acceptors (Lipinski definition) is 3. The molecule has 110 valence electrons. The number of anilines is 1. The molecule has 1 rings (SSSR count). The number of aliphatic hydroxyl groups excluding tert-OH is 1. The van der Waals surface area contributed by atoms with Crippen LogP contribution in [0.25, 0.3) is 0 Å². The first-order chi connectivity index (χ1) is 9.53. The SMILES string of the molecule is CCc1cccc(CC)c1NC(=O)N[C@H](CO)C(=O)O. The van der Waals surface area contributed by atoms with Crippen molar-refractivity contribution in [2.45, 2.75) is 32.7 Å². The number of carbonyl (C=O) groups excluding carboxylic acids is 1. The van der Waals surface area contributed by atoms with Crippen LogP contribution >= 0.6 is 0 Å². The van der Waals surface area contributed by atoms with Crippen LogP contribution in [0.1, 0.15) is 25.0 Å². The lowest BCUT2D eigenvalue weighted by atomic mass is 10.0. The van der Waals surface area contributed by atoms with Gasteiger partial charge in [0, 0.05) is 5.69 Å². The van der Waals surface area contributed by atoms with Crippen molar-refractivity contribution in [1.29, 1.82) is 0 Å². The Balaban J connectivity index is 2.87. The number of carbonyl (C=O) groups is 2. The molecule has 0 spiro atoms. The first-order valence-electron chi connectivity index (χ1n) is 6.55. The van der Waals surface area contributed by atoms with E-state index in [4.69, 9.17) is 10.2 Å². The number of nitrogens with one attached hydrogen (secondary N) is 2. The highest BCUT2D eigenvalue weighted by molar-refractivity contribution is 5.93. The Morgan fingerprint density at radius 3 is 2.15 bits per heavy atom.